The van der Waals surface area contributed by atoms with Crippen molar-refractivity contribution in [3.8, 4) is 0 Å². The molecule has 3 heteroatoms. The molecule has 0 N–H and O–H groups in total. The molecule has 0 heterocycles. The Morgan fingerprint density at radius 1 is 1.35 bits per heavy atom. The maximum absolute atomic E-state index is 12.4. The van der Waals surface area contributed by atoms with E-state index in [4.69, 9.17) is 11.6 Å². The first kappa shape index (κ1) is 15.4. The summed E-state index contributed by atoms with van der Waals surface area (Å²) < 4.78 is 0. The van der Waals surface area contributed by atoms with Crippen LogP contribution in [0.25, 0.3) is 0 Å². The highest BCUT2D eigenvalue weighted by Crippen LogP contribution is 2.28. The maximum Gasteiger partial charge on any atom is 0.223 e. The molecule has 0 spiro atoms. The lowest BCUT2D eigenvalue weighted by Gasteiger charge is -2.28. The van der Waals surface area contributed by atoms with Gasteiger partial charge in [0.2, 0.25) is 5.91 Å². The number of hydrogen-bond acceptors (Lipinski definition) is 1. The fourth-order valence-corrected chi connectivity index (χ4v) is 3.19. The van der Waals surface area contributed by atoms with Crippen LogP contribution in [0.5, 0.6) is 0 Å². The Labute approximate surface area is 127 Å². The van der Waals surface area contributed by atoms with Crippen LogP contribution in [0.4, 0.5) is 0 Å². The van der Waals surface area contributed by atoms with Crippen molar-refractivity contribution in [3.63, 3.8) is 0 Å². The van der Waals surface area contributed by atoms with E-state index < -0.39 is 0 Å². The van der Waals surface area contributed by atoms with Crippen LogP contribution in [0.3, 0.4) is 0 Å². The summed E-state index contributed by atoms with van der Waals surface area (Å²) in [5, 5.41) is 0.725. The number of nitrogens with zero attached hydrogens (tertiary/aromatic N) is 1. The molecule has 1 aliphatic rings. The van der Waals surface area contributed by atoms with Gasteiger partial charge in [0.15, 0.2) is 0 Å². The molecule has 0 aromatic heterocycles. The summed E-state index contributed by atoms with van der Waals surface area (Å²) in [4.78, 5) is 14.3. The molecule has 1 aromatic rings. The third kappa shape index (κ3) is 3.99. The summed E-state index contributed by atoms with van der Waals surface area (Å²) in [6, 6.07) is 7.84. The second-order valence-electron chi connectivity index (χ2n) is 5.94. The summed E-state index contributed by atoms with van der Waals surface area (Å²) >= 11 is 6.03. The van der Waals surface area contributed by atoms with Crippen LogP contribution in [-0.4, -0.2) is 17.9 Å². The van der Waals surface area contributed by atoms with Crippen LogP contribution in [0.1, 0.15) is 57.1 Å². The molecule has 1 atom stereocenters. The van der Waals surface area contributed by atoms with Gasteiger partial charge in [-0.1, -0.05) is 43.0 Å². The molecule has 1 aromatic carbocycles. The van der Waals surface area contributed by atoms with E-state index in [1.165, 1.54) is 32.1 Å². The number of hydrogen-bond donors (Lipinski definition) is 0. The van der Waals surface area contributed by atoms with Gasteiger partial charge in [-0.15, -0.1) is 0 Å². The van der Waals surface area contributed by atoms with Gasteiger partial charge in [-0.3, -0.25) is 4.79 Å². The molecule has 0 aliphatic heterocycles. The fraction of sp³-hybridized carbons (Fsp3) is 0.588. The Morgan fingerprint density at radius 2 is 2.05 bits per heavy atom. The van der Waals surface area contributed by atoms with Gasteiger partial charge in [-0.2, -0.15) is 0 Å². The Balaban J connectivity index is 1.95. The van der Waals surface area contributed by atoms with E-state index in [9.17, 15) is 4.79 Å². The molecule has 1 aliphatic carbocycles. The zero-order valence-electron chi connectivity index (χ0n) is 12.4. The van der Waals surface area contributed by atoms with Crippen LogP contribution >= 0.6 is 11.6 Å². The number of carbonyl (C=O) groups is 1. The molecule has 1 fully saturated rings. The molecule has 2 nitrogen and oxygen atoms in total. The first-order valence-electron chi connectivity index (χ1n) is 7.59. The summed E-state index contributed by atoms with van der Waals surface area (Å²) in [5.74, 6) is 0.842. The highest BCUT2D eigenvalue weighted by Gasteiger charge is 2.22. The van der Waals surface area contributed by atoms with Crippen molar-refractivity contribution in [1.82, 2.24) is 4.90 Å². The van der Waals surface area contributed by atoms with E-state index in [-0.39, 0.29) is 11.9 Å². The molecule has 0 bridgehead atoms. The monoisotopic (exact) mass is 293 g/mol. The molecule has 0 radical (unpaired) electrons. The Kier molecular flexibility index (Phi) is 5.47. The summed E-state index contributed by atoms with van der Waals surface area (Å²) in [6.45, 7) is 2.06. The molecule has 1 unspecified atom stereocenters. The van der Waals surface area contributed by atoms with E-state index in [0.29, 0.717) is 12.3 Å². The molecule has 2 rings (SSSR count). The SMILES string of the molecule is CC(c1cccc(Cl)c1)N(C)C(=O)CC1CCCCC1. The third-order valence-corrected chi connectivity index (χ3v) is 4.73. The Bertz CT molecular complexity index is 454. The van der Waals surface area contributed by atoms with Gasteiger partial charge in [0.25, 0.3) is 0 Å². The lowest BCUT2D eigenvalue weighted by atomic mass is 9.86. The smallest absolute Gasteiger partial charge is 0.223 e. The van der Waals surface area contributed by atoms with E-state index in [1.807, 2.05) is 36.2 Å². The first-order valence-corrected chi connectivity index (χ1v) is 7.97. The van der Waals surface area contributed by atoms with Crippen molar-refractivity contribution in [2.24, 2.45) is 5.92 Å². The number of halogens is 1. The minimum atomic E-state index is 0.0739. The van der Waals surface area contributed by atoms with E-state index in [2.05, 4.69) is 6.92 Å². The van der Waals surface area contributed by atoms with Crippen molar-refractivity contribution in [2.75, 3.05) is 7.05 Å². The Morgan fingerprint density at radius 3 is 2.70 bits per heavy atom. The molecular weight excluding hydrogens is 270 g/mol. The standard InChI is InChI=1S/C17H24ClNO/c1-13(15-9-6-10-16(18)12-15)19(2)17(20)11-14-7-4-3-5-8-14/h6,9-10,12-14H,3-5,7-8,11H2,1-2H3. The normalized spacial score (nSPS) is 17.8. The van der Waals surface area contributed by atoms with Crippen molar-refractivity contribution in [1.29, 1.82) is 0 Å². The average molecular weight is 294 g/mol. The summed E-state index contributed by atoms with van der Waals surface area (Å²) in [6.07, 6.45) is 7.02. The van der Waals surface area contributed by atoms with E-state index in [0.717, 1.165) is 10.6 Å². The summed E-state index contributed by atoms with van der Waals surface area (Å²) in [5.41, 5.74) is 1.09. The van der Waals surface area contributed by atoms with Gasteiger partial charge in [-0.05, 0) is 43.4 Å². The van der Waals surface area contributed by atoms with Crippen molar-refractivity contribution >= 4 is 17.5 Å². The quantitative estimate of drug-likeness (QED) is 0.778. The number of rotatable bonds is 4. The minimum Gasteiger partial charge on any atom is -0.339 e. The van der Waals surface area contributed by atoms with Crippen LogP contribution < -0.4 is 0 Å². The maximum atomic E-state index is 12.4. The van der Waals surface area contributed by atoms with Crippen molar-refractivity contribution in [2.45, 2.75) is 51.5 Å². The van der Waals surface area contributed by atoms with Gasteiger partial charge in [0.1, 0.15) is 0 Å². The largest absolute Gasteiger partial charge is 0.339 e. The molecule has 1 saturated carbocycles. The second-order valence-corrected chi connectivity index (χ2v) is 6.38. The minimum absolute atomic E-state index is 0.0739. The van der Waals surface area contributed by atoms with Gasteiger partial charge in [-0.25, -0.2) is 0 Å². The predicted octanol–water partition coefficient (Wildman–Crippen LogP) is 4.83. The first-order chi connectivity index (χ1) is 9.58. The van der Waals surface area contributed by atoms with E-state index >= 15 is 0 Å². The van der Waals surface area contributed by atoms with Crippen LogP contribution in [0, 0.1) is 5.92 Å². The van der Waals surface area contributed by atoms with Gasteiger partial charge < -0.3 is 4.90 Å². The number of carbonyl (C=O) groups excluding carboxylic acids is 1. The van der Waals surface area contributed by atoms with Gasteiger partial charge >= 0.3 is 0 Å². The second kappa shape index (κ2) is 7.12. The number of amides is 1. The van der Waals surface area contributed by atoms with Crippen molar-refractivity contribution in [3.05, 3.63) is 34.9 Å². The third-order valence-electron chi connectivity index (χ3n) is 4.49. The topological polar surface area (TPSA) is 20.3 Å². The van der Waals surface area contributed by atoms with Crippen LogP contribution in [-0.2, 0) is 4.79 Å². The molecule has 0 saturated heterocycles. The number of benzene rings is 1. The van der Waals surface area contributed by atoms with Crippen LogP contribution in [0.15, 0.2) is 24.3 Å². The lowest BCUT2D eigenvalue weighted by molar-refractivity contribution is -0.133. The highest BCUT2D eigenvalue weighted by molar-refractivity contribution is 6.30. The van der Waals surface area contributed by atoms with Gasteiger partial charge in [0.05, 0.1) is 6.04 Å². The average Bonchev–Trinajstić information content (AvgIpc) is 2.46. The highest BCUT2D eigenvalue weighted by atomic mass is 35.5. The van der Waals surface area contributed by atoms with Crippen molar-refractivity contribution < 1.29 is 4.79 Å². The van der Waals surface area contributed by atoms with Crippen LogP contribution in [0.2, 0.25) is 5.02 Å². The predicted molar refractivity (Wildman–Crippen MR) is 83.8 cm³/mol. The lowest BCUT2D eigenvalue weighted by Crippen LogP contribution is -2.31. The fourth-order valence-electron chi connectivity index (χ4n) is 2.99. The van der Waals surface area contributed by atoms with E-state index in [1.54, 1.807) is 0 Å². The molecular formula is C17H24ClNO. The zero-order valence-corrected chi connectivity index (χ0v) is 13.2. The molecule has 110 valence electrons. The molecule has 1 amide bonds. The van der Waals surface area contributed by atoms with Gasteiger partial charge in [0, 0.05) is 18.5 Å². The molecule has 20 heavy (non-hydrogen) atoms. The zero-order chi connectivity index (χ0) is 14.5. The summed E-state index contributed by atoms with van der Waals surface area (Å²) in [7, 11) is 1.90. The Hall–Kier alpha value is -1.02.